The Hall–Kier alpha value is -1.59. The van der Waals surface area contributed by atoms with Crippen LogP contribution in [0.5, 0.6) is 0 Å². The van der Waals surface area contributed by atoms with Gasteiger partial charge in [-0.15, -0.1) is 12.4 Å². The number of rotatable bonds is 7. The van der Waals surface area contributed by atoms with E-state index in [0.717, 1.165) is 5.56 Å². The van der Waals surface area contributed by atoms with Crippen LogP contribution in [0, 0.1) is 0 Å². The van der Waals surface area contributed by atoms with Gasteiger partial charge in [0.25, 0.3) is 0 Å². The number of amides is 1. The summed E-state index contributed by atoms with van der Waals surface area (Å²) in [6.45, 7) is 8.29. The van der Waals surface area contributed by atoms with Gasteiger partial charge in [0, 0.05) is 12.5 Å². The molecule has 2 atom stereocenters. The second kappa shape index (κ2) is 10.4. The molecule has 1 aromatic rings. The number of hydrogen-bond donors (Lipinski definition) is 2. The van der Waals surface area contributed by atoms with Crippen LogP contribution in [-0.4, -0.2) is 25.0 Å². The van der Waals surface area contributed by atoms with E-state index in [9.17, 15) is 9.59 Å². The van der Waals surface area contributed by atoms with Gasteiger partial charge < -0.3 is 15.8 Å². The van der Waals surface area contributed by atoms with Crippen molar-refractivity contribution in [1.82, 2.24) is 5.32 Å². The molecule has 0 aromatic heterocycles. The van der Waals surface area contributed by atoms with Crippen LogP contribution >= 0.6 is 12.4 Å². The van der Waals surface area contributed by atoms with Gasteiger partial charge in [-0.1, -0.05) is 45.0 Å². The Morgan fingerprint density at radius 1 is 1.20 bits per heavy atom. The molecule has 1 aromatic carbocycles. The summed E-state index contributed by atoms with van der Waals surface area (Å²) < 4.78 is 4.75. The van der Waals surface area contributed by atoms with Gasteiger partial charge in [-0.05, 0) is 29.9 Å². The predicted octanol–water partition coefficient (Wildman–Crippen LogP) is 3.25. The molecule has 0 aliphatic rings. The van der Waals surface area contributed by atoms with Crippen molar-refractivity contribution in [2.45, 2.75) is 64.5 Å². The second-order valence-corrected chi connectivity index (χ2v) is 7.29. The number of hydrogen-bond acceptors (Lipinski definition) is 4. The SMILES string of the molecule is COC(=O)CC(NC(=O)CCC(C)N)c1ccc(C(C)(C)C)cc1.Cl. The standard InChI is InChI=1S/C19H30N2O3.ClH/c1-13(20)6-11-17(22)21-16(12-18(23)24-5)14-7-9-15(10-8-14)19(2,3)4;/h7-10,13,16H,6,11-12,20H2,1-5H3,(H,21,22);1H. The van der Waals surface area contributed by atoms with Gasteiger partial charge in [-0.25, -0.2) is 0 Å². The number of nitrogens with one attached hydrogen (secondary N) is 1. The lowest BCUT2D eigenvalue weighted by Gasteiger charge is -2.22. The van der Waals surface area contributed by atoms with Gasteiger partial charge in [0.2, 0.25) is 5.91 Å². The van der Waals surface area contributed by atoms with Crippen molar-refractivity contribution >= 4 is 24.3 Å². The van der Waals surface area contributed by atoms with E-state index in [1.165, 1.54) is 12.7 Å². The van der Waals surface area contributed by atoms with Crippen LogP contribution < -0.4 is 11.1 Å². The van der Waals surface area contributed by atoms with Crippen molar-refractivity contribution in [3.8, 4) is 0 Å². The summed E-state index contributed by atoms with van der Waals surface area (Å²) in [5, 5.41) is 2.92. The highest BCUT2D eigenvalue weighted by atomic mass is 35.5. The molecule has 0 saturated carbocycles. The molecule has 25 heavy (non-hydrogen) atoms. The molecular formula is C19H31ClN2O3. The number of benzene rings is 1. The smallest absolute Gasteiger partial charge is 0.307 e. The molecule has 0 aliphatic heterocycles. The van der Waals surface area contributed by atoms with Crippen molar-refractivity contribution in [1.29, 1.82) is 0 Å². The molecule has 6 heteroatoms. The van der Waals surface area contributed by atoms with E-state index in [4.69, 9.17) is 10.5 Å². The predicted molar refractivity (Wildman–Crippen MR) is 103 cm³/mol. The molecule has 0 fully saturated rings. The second-order valence-electron chi connectivity index (χ2n) is 7.29. The summed E-state index contributed by atoms with van der Waals surface area (Å²) in [7, 11) is 1.35. The number of nitrogens with two attached hydrogens (primary N) is 1. The first-order valence-corrected chi connectivity index (χ1v) is 8.35. The molecule has 0 saturated heterocycles. The van der Waals surface area contributed by atoms with Crippen LogP contribution in [-0.2, 0) is 19.7 Å². The fraction of sp³-hybridized carbons (Fsp3) is 0.579. The summed E-state index contributed by atoms with van der Waals surface area (Å²) in [5.74, 6) is -0.464. The van der Waals surface area contributed by atoms with Crippen LogP contribution in [0.25, 0.3) is 0 Å². The van der Waals surface area contributed by atoms with E-state index in [-0.39, 0.29) is 42.2 Å². The monoisotopic (exact) mass is 370 g/mol. The lowest BCUT2D eigenvalue weighted by molar-refractivity contribution is -0.141. The Morgan fingerprint density at radius 3 is 2.20 bits per heavy atom. The summed E-state index contributed by atoms with van der Waals surface area (Å²) in [4.78, 5) is 23.8. The molecule has 2 unspecified atom stereocenters. The first kappa shape index (κ1) is 23.4. The largest absolute Gasteiger partial charge is 0.469 e. The Bertz CT molecular complexity index is 551. The van der Waals surface area contributed by atoms with E-state index in [0.29, 0.717) is 12.8 Å². The number of halogens is 1. The number of carbonyl (C=O) groups is 2. The molecule has 0 spiro atoms. The molecule has 142 valence electrons. The topological polar surface area (TPSA) is 81.4 Å². The van der Waals surface area contributed by atoms with E-state index >= 15 is 0 Å². The lowest BCUT2D eigenvalue weighted by Crippen LogP contribution is -2.31. The Kier molecular flexibility index (Phi) is 9.75. The first-order valence-electron chi connectivity index (χ1n) is 8.35. The van der Waals surface area contributed by atoms with E-state index in [2.05, 4.69) is 26.1 Å². The zero-order chi connectivity index (χ0) is 18.3. The average molecular weight is 371 g/mol. The molecule has 1 amide bonds. The van der Waals surface area contributed by atoms with Crippen LogP contribution in [0.2, 0.25) is 0 Å². The van der Waals surface area contributed by atoms with Gasteiger partial charge in [-0.3, -0.25) is 9.59 Å². The van der Waals surface area contributed by atoms with Gasteiger partial charge in [0.1, 0.15) is 0 Å². The maximum absolute atomic E-state index is 12.1. The maximum atomic E-state index is 12.1. The van der Waals surface area contributed by atoms with Gasteiger partial charge in [0.05, 0.1) is 19.6 Å². The maximum Gasteiger partial charge on any atom is 0.307 e. The van der Waals surface area contributed by atoms with E-state index in [1.807, 2.05) is 31.2 Å². The highest BCUT2D eigenvalue weighted by Gasteiger charge is 2.20. The fourth-order valence-electron chi connectivity index (χ4n) is 2.34. The summed E-state index contributed by atoms with van der Waals surface area (Å²) >= 11 is 0. The van der Waals surface area contributed by atoms with Crippen molar-refractivity contribution in [2.24, 2.45) is 5.73 Å². The van der Waals surface area contributed by atoms with Crippen molar-refractivity contribution in [2.75, 3.05) is 7.11 Å². The number of methoxy groups -OCH3 is 1. The van der Waals surface area contributed by atoms with Crippen molar-refractivity contribution < 1.29 is 14.3 Å². The minimum Gasteiger partial charge on any atom is -0.469 e. The van der Waals surface area contributed by atoms with Gasteiger partial charge in [0.15, 0.2) is 0 Å². The summed E-state index contributed by atoms with van der Waals surface area (Å²) in [6.07, 6.45) is 1.06. The molecule has 0 heterocycles. The van der Waals surface area contributed by atoms with Crippen LogP contribution in [0.1, 0.15) is 64.1 Å². The quantitative estimate of drug-likeness (QED) is 0.722. The normalized spacial score (nSPS) is 13.4. The minimum absolute atomic E-state index is 0. The minimum atomic E-state index is -0.396. The molecule has 3 N–H and O–H groups in total. The molecule has 0 bridgehead atoms. The lowest BCUT2D eigenvalue weighted by atomic mass is 9.86. The van der Waals surface area contributed by atoms with E-state index < -0.39 is 6.04 Å². The van der Waals surface area contributed by atoms with Crippen molar-refractivity contribution in [3.05, 3.63) is 35.4 Å². The summed E-state index contributed by atoms with van der Waals surface area (Å²) in [6, 6.07) is 7.56. The van der Waals surface area contributed by atoms with Crippen LogP contribution in [0.4, 0.5) is 0 Å². The Balaban J connectivity index is 0.00000576. The first-order chi connectivity index (χ1) is 11.1. The molecule has 1 rings (SSSR count). The Labute approximate surface area is 157 Å². The van der Waals surface area contributed by atoms with Crippen LogP contribution in [0.15, 0.2) is 24.3 Å². The summed E-state index contributed by atoms with van der Waals surface area (Å²) in [5.41, 5.74) is 7.83. The molecule has 5 nitrogen and oxygen atoms in total. The fourth-order valence-corrected chi connectivity index (χ4v) is 2.34. The third-order valence-corrected chi connectivity index (χ3v) is 3.94. The number of carbonyl (C=O) groups excluding carboxylic acids is 2. The van der Waals surface area contributed by atoms with Gasteiger partial charge in [-0.2, -0.15) is 0 Å². The zero-order valence-corrected chi connectivity index (χ0v) is 16.6. The number of ether oxygens (including phenoxy) is 1. The zero-order valence-electron chi connectivity index (χ0n) is 15.8. The third kappa shape index (κ3) is 8.36. The number of esters is 1. The van der Waals surface area contributed by atoms with Gasteiger partial charge >= 0.3 is 5.97 Å². The third-order valence-electron chi connectivity index (χ3n) is 3.94. The highest BCUT2D eigenvalue weighted by molar-refractivity contribution is 5.85. The molecule has 0 aliphatic carbocycles. The van der Waals surface area contributed by atoms with Crippen molar-refractivity contribution in [3.63, 3.8) is 0 Å². The average Bonchev–Trinajstić information content (AvgIpc) is 2.51. The molecule has 0 radical (unpaired) electrons. The molecular weight excluding hydrogens is 340 g/mol. The Morgan fingerprint density at radius 2 is 1.76 bits per heavy atom. The van der Waals surface area contributed by atoms with Crippen LogP contribution in [0.3, 0.4) is 0 Å². The highest BCUT2D eigenvalue weighted by Crippen LogP contribution is 2.25. The van der Waals surface area contributed by atoms with E-state index in [1.54, 1.807) is 0 Å².